The van der Waals surface area contributed by atoms with Crippen molar-refractivity contribution < 1.29 is 13.9 Å². The van der Waals surface area contributed by atoms with E-state index in [9.17, 15) is 13.9 Å². The Morgan fingerprint density at radius 3 is 2.74 bits per heavy atom. The van der Waals surface area contributed by atoms with Crippen LogP contribution in [0.5, 0.6) is 0 Å². The lowest BCUT2D eigenvalue weighted by Crippen LogP contribution is -2.47. The van der Waals surface area contributed by atoms with Crippen LogP contribution in [0.3, 0.4) is 0 Å². The number of imidazole rings is 1. The number of likely N-dealkylation sites (N-methyl/N-ethyl adjacent to an activating group) is 1. The molecule has 0 unspecified atom stereocenters. The van der Waals surface area contributed by atoms with Crippen molar-refractivity contribution in [3.63, 3.8) is 0 Å². The van der Waals surface area contributed by atoms with Crippen molar-refractivity contribution >= 4 is 11.4 Å². The smallest absolute Gasteiger partial charge is 0.265 e. The van der Waals surface area contributed by atoms with E-state index in [0.717, 1.165) is 0 Å². The average molecular weight is 372 g/mol. The van der Waals surface area contributed by atoms with Crippen LogP contribution in [0.1, 0.15) is 37.8 Å². The van der Waals surface area contributed by atoms with Crippen molar-refractivity contribution in [2.45, 2.75) is 38.8 Å². The first-order valence-electron chi connectivity index (χ1n) is 8.67. The Bertz CT molecular complexity index is 884. The van der Waals surface area contributed by atoms with Gasteiger partial charge < -0.3 is 14.6 Å². The summed E-state index contributed by atoms with van der Waals surface area (Å²) in [5.41, 5.74) is 0.729. The quantitative estimate of drug-likeness (QED) is 0.886. The van der Waals surface area contributed by atoms with E-state index in [0.29, 0.717) is 17.8 Å². The van der Waals surface area contributed by atoms with Crippen molar-refractivity contribution in [1.82, 2.24) is 9.55 Å². The minimum Gasteiger partial charge on any atom is -0.387 e. The van der Waals surface area contributed by atoms with Gasteiger partial charge in [-0.1, -0.05) is 13.8 Å². The van der Waals surface area contributed by atoms with Gasteiger partial charge in [-0.3, -0.25) is 0 Å². The van der Waals surface area contributed by atoms with Crippen LogP contribution in [0, 0.1) is 16.7 Å². The summed E-state index contributed by atoms with van der Waals surface area (Å²) in [4.78, 5) is 5.94. The third-order valence-electron chi connectivity index (χ3n) is 5.21. The molecule has 0 amide bonds. The van der Waals surface area contributed by atoms with Gasteiger partial charge in [-0.15, -0.1) is 0 Å². The number of aliphatic hydroxyl groups is 1. The van der Waals surface area contributed by atoms with Gasteiger partial charge in [0.25, 0.3) is 6.43 Å². The number of nitrogens with zero attached hydrogens (tertiary/aromatic N) is 4. The van der Waals surface area contributed by atoms with E-state index in [1.807, 2.05) is 37.9 Å². The van der Waals surface area contributed by atoms with Gasteiger partial charge in [-0.05, 0) is 36.1 Å². The van der Waals surface area contributed by atoms with E-state index in [1.54, 1.807) is 29.4 Å². The topological polar surface area (TPSA) is 65.1 Å². The zero-order chi connectivity index (χ0) is 19.8. The summed E-state index contributed by atoms with van der Waals surface area (Å²) in [7, 11) is 1.84. The molecule has 0 bridgehead atoms. The van der Waals surface area contributed by atoms with Crippen LogP contribution in [0.15, 0.2) is 43.0 Å². The number of hydrogen-bond acceptors (Lipinski definition) is 4. The Morgan fingerprint density at radius 2 is 2.15 bits per heavy atom. The maximum Gasteiger partial charge on any atom is 0.265 e. The van der Waals surface area contributed by atoms with E-state index in [2.05, 4.69) is 4.98 Å². The van der Waals surface area contributed by atoms with Crippen molar-refractivity contribution in [3.05, 3.63) is 54.1 Å². The molecular weight excluding hydrogens is 350 g/mol. The Balaban J connectivity index is 2.03. The summed E-state index contributed by atoms with van der Waals surface area (Å²) in [5, 5.41) is 19.6. The number of benzene rings is 1. The predicted octanol–water partition coefficient (Wildman–Crippen LogP) is 3.83. The molecule has 2 aromatic rings. The summed E-state index contributed by atoms with van der Waals surface area (Å²) in [6, 6.07) is 6.15. The van der Waals surface area contributed by atoms with Crippen LogP contribution in [0.25, 0.3) is 5.70 Å². The molecule has 0 saturated carbocycles. The second kappa shape index (κ2) is 7.12. The fourth-order valence-electron chi connectivity index (χ4n) is 3.74. The average Bonchev–Trinajstić information content (AvgIpc) is 3.14. The van der Waals surface area contributed by atoms with Crippen LogP contribution in [0.4, 0.5) is 14.5 Å². The maximum atomic E-state index is 13.3. The third-order valence-corrected chi connectivity index (χ3v) is 5.21. The second-order valence-electron chi connectivity index (χ2n) is 7.51. The highest BCUT2D eigenvalue weighted by Gasteiger charge is 2.39. The summed E-state index contributed by atoms with van der Waals surface area (Å²) < 4.78 is 28.4. The van der Waals surface area contributed by atoms with Crippen LogP contribution in [-0.4, -0.2) is 33.9 Å². The molecule has 7 heteroatoms. The molecule has 0 fully saturated rings. The molecule has 1 N–H and O–H groups in total. The second-order valence-corrected chi connectivity index (χ2v) is 7.51. The van der Waals surface area contributed by atoms with Gasteiger partial charge in [-0.25, -0.2) is 13.8 Å². The molecule has 0 saturated heterocycles. The number of rotatable bonds is 4. The van der Waals surface area contributed by atoms with E-state index in [1.165, 1.54) is 12.1 Å². The fourth-order valence-corrected chi connectivity index (χ4v) is 3.74. The first kappa shape index (κ1) is 19.1. The molecule has 3 rings (SSSR count). The standard InChI is InChI=1S/C20H22F2N4O/c1-20(2)10-17(27)16(26-7-6-24-12-26)9-18(20)25(3)14-5-4-13(11-23)15(8-14)19(21)22/h4-9,12,17-19,27H,10H2,1-3H3/t17-,18-/m0/s1. The number of halogens is 2. The van der Waals surface area contributed by atoms with Crippen molar-refractivity contribution in [3.8, 4) is 6.07 Å². The van der Waals surface area contributed by atoms with Gasteiger partial charge >= 0.3 is 0 Å². The first-order chi connectivity index (χ1) is 12.7. The Labute approximate surface area is 157 Å². The Morgan fingerprint density at radius 1 is 1.41 bits per heavy atom. The van der Waals surface area contributed by atoms with Crippen molar-refractivity contribution in [1.29, 1.82) is 5.26 Å². The van der Waals surface area contributed by atoms with Crippen LogP contribution in [0.2, 0.25) is 0 Å². The molecule has 0 aliphatic heterocycles. The zero-order valence-electron chi connectivity index (χ0n) is 15.5. The Kier molecular flexibility index (Phi) is 5.03. The van der Waals surface area contributed by atoms with Crippen molar-refractivity contribution in [2.24, 2.45) is 5.41 Å². The lowest BCUT2D eigenvalue weighted by molar-refractivity contribution is 0.134. The monoisotopic (exact) mass is 372 g/mol. The van der Waals surface area contributed by atoms with E-state index in [4.69, 9.17) is 5.26 Å². The van der Waals surface area contributed by atoms with Gasteiger partial charge in [-0.2, -0.15) is 5.26 Å². The minimum absolute atomic E-state index is 0.0184. The largest absolute Gasteiger partial charge is 0.387 e. The maximum absolute atomic E-state index is 13.3. The SMILES string of the molecule is CN(c1ccc(C#N)c(C(F)F)c1)[C@H]1C=C(n2ccnc2)[C@@H](O)CC1(C)C. The molecule has 27 heavy (non-hydrogen) atoms. The number of aliphatic hydroxyl groups excluding tert-OH is 1. The summed E-state index contributed by atoms with van der Waals surface area (Å²) in [6.45, 7) is 4.08. The molecule has 1 aliphatic carbocycles. The first-order valence-corrected chi connectivity index (χ1v) is 8.67. The minimum atomic E-state index is -2.72. The lowest BCUT2D eigenvalue weighted by Gasteiger charge is -2.45. The Hall–Kier alpha value is -2.72. The fraction of sp³-hybridized carbons (Fsp3) is 0.400. The summed E-state index contributed by atoms with van der Waals surface area (Å²) in [6.07, 6.45) is 4.15. The molecule has 142 valence electrons. The van der Waals surface area contributed by atoms with Gasteiger partial charge in [0.2, 0.25) is 0 Å². The van der Waals surface area contributed by atoms with Gasteiger partial charge in [0.15, 0.2) is 0 Å². The number of hydrogen-bond donors (Lipinski definition) is 1. The van der Waals surface area contributed by atoms with Gasteiger partial charge in [0.05, 0.1) is 35.8 Å². The predicted molar refractivity (Wildman–Crippen MR) is 99.2 cm³/mol. The number of nitriles is 1. The number of aromatic nitrogens is 2. The molecule has 1 heterocycles. The molecular formula is C20H22F2N4O. The van der Waals surface area contributed by atoms with Crippen LogP contribution in [-0.2, 0) is 0 Å². The summed E-state index contributed by atoms with van der Waals surface area (Å²) in [5.74, 6) is 0. The summed E-state index contributed by atoms with van der Waals surface area (Å²) >= 11 is 0. The molecule has 2 atom stereocenters. The lowest BCUT2D eigenvalue weighted by atomic mass is 9.73. The van der Waals surface area contributed by atoms with Crippen LogP contribution < -0.4 is 4.90 Å². The molecule has 0 radical (unpaired) electrons. The van der Waals surface area contributed by atoms with Gasteiger partial charge in [0, 0.05) is 30.7 Å². The zero-order valence-corrected chi connectivity index (χ0v) is 15.5. The van der Waals surface area contributed by atoms with E-state index in [-0.39, 0.29) is 22.6 Å². The van der Waals surface area contributed by atoms with Crippen molar-refractivity contribution in [2.75, 3.05) is 11.9 Å². The van der Waals surface area contributed by atoms with E-state index >= 15 is 0 Å². The molecule has 0 spiro atoms. The normalized spacial score (nSPS) is 21.6. The van der Waals surface area contributed by atoms with E-state index < -0.39 is 12.5 Å². The highest BCUT2D eigenvalue weighted by atomic mass is 19.3. The highest BCUT2D eigenvalue weighted by Crippen LogP contribution is 2.41. The highest BCUT2D eigenvalue weighted by molar-refractivity contribution is 5.59. The number of alkyl halides is 2. The number of anilines is 1. The van der Waals surface area contributed by atoms with Gasteiger partial charge in [0.1, 0.15) is 0 Å². The third kappa shape index (κ3) is 3.58. The molecule has 1 aromatic carbocycles. The molecule has 1 aliphatic rings. The molecule has 5 nitrogen and oxygen atoms in total. The van der Waals surface area contributed by atoms with Crippen LogP contribution >= 0.6 is 0 Å². The molecule has 1 aromatic heterocycles.